The monoisotopic (exact) mass is 294 g/mol. The fraction of sp³-hybridized carbons (Fsp3) is 0.667. The molecule has 0 spiro atoms. The number of hydrogen-bond donors (Lipinski definition) is 1. The molecule has 1 rings (SSSR count). The lowest BCUT2D eigenvalue weighted by Crippen LogP contribution is -2.53. The standard InChI is InChI=1S/C15H22N2O4/c1-5-7-12(18)17-9-6-8-11(17)14(19)16(4)13(10(2)3)15(20)21/h10-11,13H,6,8-9H2,1-4H3,(H,20,21)/t11-,13?/m1/s1. The molecule has 1 fully saturated rings. The predicted octanol–water partition coefficient (Wildman–Crippen LogP) is 0.568. The molecule has 6 nitrogen and oxygen atoms in total. The third-order valence-corrected chi connectivity index (χ3v) is 3.68. The Hall–Kier alpha value is -2.03. The second-order valence-corrected chi connectivity index (χ2v) is 5.51. The molecule has 0 radical (unpaired) electrons. The number of likely N-dealkylation sites (N-methyl/N-ethyl adjacent to an activating group) is 1. The molecule has 2 atom stereocenters. The van der Waals surface area contributed by atoms with Gasteiger partial charge in [0.25, 0.3) is 5.91 Å². The van der Waals surface area contributed by atoms with Crippen LogP contribution in [0.15, 0.2) is 0 Å². The zero-order valence-electron chi connectivity index (χ0n) is 12.9. The van der Waals surface area contributed by atoms with Gasteiger partial charge in [-0.25, -0.2) is 4.79 Å². The first-order valence-electron chi connectivity index (χ1n) is 7.04. The van der Waals surface area contributed by atoms with Crippen LogP contribution in [-0.4, -0.2) is 58.4 Å². The summed E-state index contributed by atoms with van der Waals surface area (Å²) in [6.45, 7) is 5.55. The van der Waals surface area contributed by atoms with Crippen molar-refractivity contribution in [2.24, 2.45) is 5.92 Å². The van der Waals surface area contributed by atoms with Gasteiger partial charge in [-0.1, -0.05) is 19.8 Å². The number of likely N-dealkylation sites (tertiary alicyclic amines) is 1. The van der Waals surface area contributed by atoms with Crippen LogP contribution < -0.4 is 0 Å². The number of carboxylic acids is 1. The SMILES string of the molecule is CC#CC(=O)N1CCC[C@@H]1C(=O)N(C)C(C(=O)O)C(C)C. The molecule has 1 heterocycles. The Bertz CT molecular complexity index is 490. The largest absolute Gasteiger partial charge is 0.480 e. The summed E-state index contributed by atoms with van der Waals surface area (Å²) in [6, 6.07) is -1.50. The number of carbonyl (C=O) groups excluding carboxylic acids is 2. The van der Waals surface area contributed by atoms with Crippen molar-refractivity contribution in [3.05, 3.63) is 0 Å². The lowest BCUT2D eigenvalue weighted by atomic mass is 10.0. The van der Waals surface area contributed by atoms with Crippen LogP contribution in [0.1, 0.15) is 33.6 Å². The highest BCUT2D eigenvalue weighted by Gasteiger charge is 2.39. The number of nitrogens with zero attached hydrogens (tertiary/aromatic N) is 2. The second kappa shape index (κ2) is 7.11. The van der Waals surface area contributed by atoms with E-state index in [0.29, 0.717) is 13.0 Å². The fourth-order valence-electron chi connectivity index (χ4n) is 2.72. The summed E-state index contributed by atoms with van der Waals surface area (Å²) >= 11 is 0. The quantitative estimate of drug-likeness (QED) is 0.769. The van der Waals surface area contributed by atoms with Crippen LogP contribution in [0.3, 0.4) is 0 Å². The lowest BCUT2D eigenvalue weighted by molar-refractivity contribution is -0.153. The Balaban J connectivity index is 2.92. The normalized spacial score (nSPS) is 18.9. The Morgan fingerprint density at radius 2 is 1.95 bits per heavy atom. The number of hydrogen-bond acceptors (Lipinski definition) is 3. The molecule has 1 aliphatic rings. The maximum Gasteiger partial charge on any atom is 0.326 e. The van der Waals surface area contributed by atoms with E-state index in [1.54, 1.807) is 20.8 Å². The molecule has 0 aromatic rings. The minimum Gasteiger partial charge on any atom is -0.480 e. The number of carbonyl (C=O) groups is 3. The summed E-state index contributed by atoms with van der Waals surface area (Å²) in [5, 5.41) is 9.27. The van der Waals surface area contributed by atoms with E-state index in [0.717, 1.165) is 6.42 Å². The van der Waals surface area contributed by atoms with E-state index in [1.165, 1.54) is 16.8 Å². The Morgan fingerprint density at radius 1 is 1.33 bits per heavy atom. The van der Waals surface area contributed by atoms with E-state index >= 15 is 0 Å². The third-order valence-electron chi connectivity index (χ3n) is 3.68. The first-order chi connectivity index (χ1) is 9.81. The van der Waals surface area contributed by atoms with Crippen molar-refractivity contribution in [1.82, 2.24) is 9.80 Å². The highest BCUT2D eigenvalue weighted by molar-refractivity contribution is 5.98. The van der Waals surface area contributed by atoms with Crippen molar-refractivity contribution >= 4 is 17.8 Å². The number of rotatable bonds is 4. The smallest absolute Gasteiger partial charge is 0.326 e. The molecular weight excluding hydrogens is 272 g/mol. The number of aliphatic carboxylic acids is 1. The van der Waals surface area contributed by atoms with Gasteiger partial charge in [-0.15, -0.1) is 0 Å². The van der Waals surface area contributed by atoms with E-state index in [-0.39, 0.29) is 17.7 Å². The molecule has 6 heteroatoms. The van der Waals surface area contributed by atoms with Crippen LogP contribution in [0.4, 0.5) is 0 Å². The van der Waals surface area contributed by atoms with Crippen molar-refractivity contribution in [3.8, 4) is 11.8 Å². The molecular formula is C15H22N2O4. The van der Waals surface area contributed by atoms with E-state index < -0.39 is 18.1 Å². The van der Waals surface area contributed by atoms with Crippen molar-refractivity contribution in [2.75, 3.05) is 13.6 Å². The molecule has 0 bridgehead atoms. The van der Waals surface area contributed by atoms with Crippen LogP contribution in [-0.2, 0) is 14.4 Å². The average Bonchev–Trinajstić information content (AvgIpc) is 2.86. The van der Waals surface area contributed by atoms with E-state index in [9.17, 15) is 19.5 Å². The van der Waals surface area contributed by atoms with Gasteiger partial charge >= 0.3 is 5.97 Å². The van der Waals surface area contributed by atoms with Crippen molar-refractivity contribution in [2.45, 2.75) is 45.7 Å². The number of carboxylic acid groups (broad SMARTS) is 1. The van der Waals surface area contributed by atoms with Gasteiger partial charge in [0.15, 0.2) is 0 Å². The lowest BCUT2D eigenvalue weighted by Gasteiger charge is -2.32. The summed E-state index contributed by atoms with van der Waals surface area (Å²) in [5.74, 6) is 3.01. The van der Waals surface area contributed by atoms with Crippen LogP contribution in [0.2, 0.25) is 0 Å². The minimum absolute atomic E-state index is 0.211. The van der Waals surface area contributed by atoms with E-state index in [2.05, 4.69) is 11.8 Å². The topological polar surface area (TPSA) is 77.9 Å². The van der Waals surface area contributed by atoms with Crippen LogP contribution in [0.25, 0.3) is 0 Å². The van der Waals surface area contributed by atoms with Gasteiger partial charge in [-0.2, -0.15) is 0 Å². The van der Waals surface area contributed by atoms with Gasteiger partial charge in [0, 0.05) is 13.6 Å². The predicted molar refractivity (Wildman–Crippen MR) is 77.2 cm³/mol. The van der Waals surface area contributed by atoms with Gasteiger partial charge in [0.05, 0.1) is 0 Å². The van der Waals surface area contributed by atoms with E-state index in [4.69, 9.17) is 0 Å². The van der Waals surface area contributed by atoms with Gasteiger partial charge in [0.2, 0.25) is 5.91 Å². The summed E-state index contributed by atoms with van der Waals surface area (Å²) in [6.07, 6.45) is 1.27. The zero-order chi connectivity index (χ0) is 16.2. The van der Waals surface area contributed by atoms with E-state index in [1.807, 2.05) is 0 Å². The van der Waals surface area contributed by atoms with Crippen molar-refractivity contribution < 1.29 is 19.5 Å². The Morgan fingerprint density at radius 3 is 2.43 bits per heavy atom. The first kappa shape index (κ1) is 17.0. The first-order valence-corrected chi connectivity index (χ1v) is 7.04. The highest BCUT2D eigenvalue weighted by atomic mass is 16.4. The van der Waals surface area contributed by atoms with Gasteiger partial charge < -0.3 is 14.9 Å². The van der Waals surface area contributed by atoms with Gasteiger partial charge in [0.1, 0.15) is 12.1 Å². The Kier molecular flexibility index (Phi) is 5.77. The maximum atomic E-state index is 12.5. The molecule has 0 aromatic carbocycles. The second-order valence-electron chi connectivity index (χ2n) is 5.51. The van der Waals surface area contributed by atoms with Crippen LogP contribution >= 0.6 is 0 Å². The molecule has 116 valence electrons. The molecule has 1 unspecified atom stereocenters. The van der Waals surface area contributed by atoms with Crippen LogP contribution in [0, 0.1) is 17.8 Å². The summed E-state index contributed by atoms with van der Waals surface area (Å²) < 4.78 is 0. The molecule has 0 aromatic heterocycles. The molecule has 0 aliphatic carbocycles. The van der Waals surface area contributed by atoms with Gasteiger partial charge in [-0.3, -0.25) is 9.59 Å². The Labute approximate surface area is 125 Å². The van der Waals surface area contributed by atoms with Crippen molar-refractivity contribution in [1.29, 1.82) is 0 Å². The summed E-state index contributed by atoms with van der Waals surface area (Å²) in [5.41, 5.74) is 0. The molecule has 1 N–H and O–H groups in total. The molecule has 1 aliphatic heterocycles. The minimum atomic E-state index is -1.04. The fourth-order valence-corrected chi connectivity index (χ4v) is 2.72. The highest BCUT2D eigenvalue weighted by Crippen LogP contribution is 2.21. The van der Waals surface area contributed by atoms with Gasteiger partial charge in [-0.05, 0) is 31.6 Å². The van der Waals surface area contributed by atoms with Crippen LogP contribution in [0.5, 0.6) is 0 Å². The summed E-state index contributed by atoms with van der Waals surface area (Å²) in [4.78, 5) is 38.4. The maximum absolute atomic E-state index is 12.5. The van der Waals surface area contributed by atoms with Crippen molar-refractivity contribution in [3.63, 3.8) is 0 Å². The molecule has 21 heavy (non-hydrogen) atoms. The molecule has 0 saturated carbocycles. The molecule has 2 amide bonds. The molecule has 1 saturated heterocycles. The zero-order valence-corrected chi connectivity index (χ0v) is 12.9. The number of amides is 2. The average molecular weight is 294 g/mol. The third kappa shape index (κ3) is 3.75. The summed E-state index contributed by atoms with van der Waals surface area (Å²) in [7, 11) is 1.48.